The van der Waals surface area contributed by atoms with Crippen LogP contribution < -0.4 is 14.4 Å². The van der Waals surface area contributed by atoms with Gasteiger partial charge in [-0.25, -0.2) is 8.42 Å². The minimum atomic E-state index is -3.67. The zero-order valence-corrected chi connectivity index (χ0v) is 19.0. The molecular formula is C25H26N2O4S. The standard InChI is InChI=1S/C25H26N2O4S/c1-18-6-5-7-20(14-18)16-26-25(28)17-31-24-11-10-22(15-19(24)2)32(29,30)27-13-12-21-8-3-4-9-23(21)27/h3-11,14-15H,12-13,16-17H2,1-2H3,(H,26,28). The SMILES string of the molecule is Cc1cccc(CNC(=O)COc2ccc(S(=O)(=O)N3CCc4ccccc43)cc2C)c1. The molecule has 1 heterocycles. The van der Waals surface area contributed by atoms with Gasteiger partial charge in [0.15, 0.2) is 6.61 Å². The van der Waals surface area contributed by atoms with Gasteiger partial charge in [-0.1, -0.05) is 48.0 Å². The summed E-state index contributed by atoms with van der Waals surface area (Å²) in [5.41, 5.74) is 4.58. The van der Waals surface area contributed by atoms with Gasteiger partial charge in [0, 0.05) is 13.1 Å². The van der Waals surface area contributed by atoms with Crippen LogP contribution in [0.25, 0.3) is 0 Å². The minimum Gasteiger partial charge on any atom is -0.484 e. The molecule has 1 aliphatic heterocycles. The second-order valence-corrected chi connectivity index (χ2v) is 9.80. The highest BCUT2D eigenvalue weighted by molar-refractivity contribution is 7.92. The molecule has 7 heteroatoms. The third-order valence-corrected chi connectivity index (χ3v) is 7.32. The van der Waals surface area contributed by atoms with E-state index in [-0.39, 0.29) is 17.4 Å². The molecule has 0 spiro atoms. The van der Waals surface area contributed by atoms with Crippen molar-refractivity contribution in [3.05, 3.63) is 89.0 Å². The van der Waals surface area contributed by atoms with E-state index < -0.39 is 10.0 Å². The third-order valence-electron chi connectivity index (χ3n) is 5.51. The van der Waals surface area contributed by atoms with E-state index in [0.29, 0.717) is 30.8 Å². The maximum absolute atomic E-state index is 13.2. The topological polar surface area (TPSA) is 75.7 Å². The van der Waals surface area contributed by atoms with Crippen molar-refractivity contribution in [2.75, 3.05) is 17.5 Å². The van der Waals surface area contributed by atoms with Gasteiger partial charge in [0.2, 0.25) is 0 Å². The first kappa shape index (κ1) is 21.9. The largest absolute Gasteiger partial charge is 0.484 e. The number of fused-ring (bicyclic) bond motifs is 1. The normalized spacial score (nSPS) is 13.0. The Labute approximate surface area is 188 Å². The average Bonchev–Trinajstić information content (AvgIpc) is 3.22. The van der Waals surface area contributed by atoms with Crippen molar-refractivity contribution in [3.63, 3.8) is 0 Å². The number of aryl methyl sites for hydroxylation is 2. The van der Waals surface area contributed by atoms with Crippen LogP contribution in [0.1, 0.15) is 22.3 Å². The Balaban J connectivity index is 1.39. The smallest absolute Gasteiger partial charge is 0.264 e. The fraction of sp³-hybridized carbons (Fsp3) is 0.240. The number of nitrogens with zero attached hydrogens (tertiary/aromatic N) is 1. The zero-order chi connectivity index (χ0) is 22.7. The second kappa shape index (κ2) is 9.04. The molecule has 1 amide bonds. The van der Waals surface area contributed by atoms with Gasteiger partial charge in [-0.15, -0.1) is 0 Å². The summed E-state index contributed by atoms with van der Waals surface area (Å²) in [5.74, 6) is 0.243. The number of rotatable bonds is 7. The van der Waals surface area contributed by atoms with Crippen LogP contribution in [0.15, 0.2) is 71.6 Å². The number of carbonyl (C=O) groups excluding carboxylic acids is 1. The predicted octanol–water partition coefficient (Wildman–Crippen LogP) is 3.75. The molecular weight excluding hydrogens is 424 g/mol. The molecule has 32 heavy (non-hydrogen) atoms. The molecule has 0 saturated carbocycles. The zero-order valence-electron chi connectivity index (χ0n) is 18.2. The Morgan fingerprint density at radius 2 is 1.84 bits per heavy atom. The van der Waals surface area contributed by atoms with Crippen LogP contribution in [0, 0.1) is 13.8 Å². The van der Waals surface area contributed by atoms with Gasteiger partial charge in [-0.2, -0.15) is 0 Å². The highest BCUT2D eigenvalue weighted by Crippen LogP contribution is 2.33. The van der Waals surface area contributed by atoms with Crippen molar-refractivity contribution in [1.82, 2.24) is 5.32 Å². The summed E-state index contributed by atoms with van der Waals surface area (Å²) in [6.45, 7) is 4.50. The molecule has 3 aromatic rings. The molecule has 0 radical (unpaired) electrons. The van der Waals surface area contributed by atoms with Gasteiger partial charge < -0.3 is 10.1 Å². The van der Waals surface area contributed by atoms with Crippen LogP contribution in [0.2, 0.25) is 0 Å². The van der Waals surface area contributed by atoms with E-state index in [0.717, 1.165) is 22.4 Å². The molecule has 4 rings (SSSR count). The third kappa shape index (κ3) is 4.62. The van der Waals surface area contributed by atoms with Gasteiger partial charge >= 0.3 is 0 Å². The van der Waals surface area contributed by atoms with Crippen LogP contribution in [0.5, 0.6) is 5.75 Å². The Morgan fingerprint density at radius 1 is 1.03 bits per heavy atom. The number of anilines is 1. The summed E-state index contributed by atoms with van der Waals surface area (Å²) in [4.78, 5) is 12.4. The summed E-state index contributed by atoms with van der Waals surface area (Å²) >= 11 is 0. The molecule has 1 N–H and O–H groups in total. The fourth-order valence-electron chi connectivity index (χ4n) is 3.85. The number of carbonyl (C=O) groups is 1. The van der Waals surface area contributed by atoms with Gasteiger partial charge in [-0.3, -0.25) is 9.10 Å². The van der Waals surface area contributed by atoms with Crippen molar-refractivity contribution >= 4 is 21.6 Å². The summed E-state index contributed by atoms with van der Waals surface area (Å²) in [7, 11) is -3.67. The molecule has 3 aromatic carbocycles. The molecule has 0 saturated heterocycles. The molecule has 0 bridgehead atoms. The van der Waals surface area contributed by atoms with Crippen molar-refractivity contribution in [2.45, 2.75) is 31.7 Å². The van der Waals surface area contributed by atoms with E-state index in [2.05, 4.69) is 5.32 Å². The number of hydrogen-bond acceptors (Lipinski definition) is 4. The molecule has 1 aliphatic rings. The van der Waals surface area contributed by atoms with Crippen molar-refractivity contribution in [2.24, 2.45) is 0 Å². The molecule has 0 unspecified atom stereocenters. The quantitative estimate of drug-likeness (QED) is 0.595. The van der Waals surface area contributed by atoms with Crippen LogP contribution in [0.4, 0.5) is 5.69 Å². The first-order chi connectivity index (χ1) is 15.3. The first-order valence-corrected chi connectivity index (χ1v) is 11.9. The Bertz CT molecular complexity index is 1250. The van der Waals surface area contributed by atoms with Crippen LogP contribution >= 0.6 is 0 Å². The van der Waals surface area contributed by atoms with E-state index >= 15 is 0 Å². The van der Waals surface area contributed by atoms with Gasteiger partial charge in [0.1, 0.15) is 5.75 Å². The van der Waals surface area contributed by atoms with Gasteiger partial charge in [0.25, 0.3) is 15.9 Å². The van der Waals surface area contributed by atoms with Crippen LogP contribution in [-0.2, 0) is 27.8 Å². The lowest BCUT2D eigenvalue weighted by Gasteiger charge is -2.20. The van der Waals surface area contributed by atoms with E-state index in [1.54, 1.807) is 19.1 Å². The molecule has 0 atom stereocenters. The Kier molecular flexibility index (Phi) is 6.19. The lowest BCUT2D eigenvalue weighted by atomic mass is 10.1. The molecule has 0 fully saturated rings. The first-order valence-electron chi connectivity index (χ1n) is 10.5. The number of hydrogen-bond donors (Lipinski definition) is 1. The fourth-order valence-corrected chi connectivity index (χ4v) is 5.44. The highest BCUT2D eigenvalue weighted by atomic mass is 32.2. The van der Waals surface area contributed by atoms with E-state index in [1.165, 1.54) is 10.4 Å². The lowest BCUT2D eigenvalue weighted by Crippen LogP contribution is -2.29. The number of para-hydroxylation sites is 1. The minimum absolute atomic E-state index is 0.141. The molecule has 166 valence electrons. The van der Waals surface area contributed by atoms with Crippen LogP contribution in [-0.4, -0.2) is 27.5 Å². The monoisotopic (exact) mass is 450 g/mol. The maximum Gasteiger partial charge on any atom is 0.264 e. The van der Waals surface area contributed by atoms with Gasteiger partial charge in [-0.05, 0) is 61.2 Å². The second-order valence-electron chi connectivity index (χ2n) is 7.94. The molecule has 6 nitrogen and oxygen atoms in total. The van der Waals surface area contributed by atoms with E-state index in [9.17, 15) is 13.2 Å². The Morgan fingerprint density at radius 3 is 2.62 bits per heavy atom. The van der Waals surface area contributed by atoms with Crippen molar-refractivity contribution in [3.8, 4) is 5.75 Å². The summed E-state index contributed by atoms with van der Waals surface area (Å²) in [6.07, 6.45) is 0.702. The van der Waals surface area contributed by atoms with Crippen LogP contribution in [0.3, 0.4) is 0 Å². The number of ether oxygens (including phenoxy) is 1. The predicted molar refractivity (Wildman–Crippen MR) is 124 cm³/mol. The van der Waals surface area contributed by atoms with Crippen molar-refractivity contribution in [1.29, 1.82) is 0 Å². The lowest BCUT2D eigenvalue weighted by molar-refractivity contribution is -0.123. The Hall–Kier alpha value is -3.32. The molecule has 0 aromatic heterocycles. The number of sulfonamides is 1. The summed E-state index contributed by atoms with van der Waals surface area (Å²) in [5, 5.41) is 2.83. The average molecular weight is 451 g/mol. The number of nitrogens with one attached hydrogen (secondary N) is 1. The highest BCUT2D eigenvalue weighted by Gasteiger charge is 2.30. The van der Waals surface area contributed by atoms with Gasteiger partial charge in [0.05, 0.1) is 10.6 Å². The number of amides is 1. The maximum atomic E-state index is 13.2. The van der Waals surface area contributed by atoms with E-state index in [1.807, 2.05) is 55.5 Å². The summed E-state index contributed by atoms with van der Waals surface area (Å²) < 4.78 is 33.5. The number of benzene rings is 3. The summed E-state index contributed by atoms with van der Waals surface area (Å²) in [6, 6.07) is 20.2. The van der Waals surface area contributed by atoms with Crippen molar-refractivity contribution < 1.29 is 17.9 Å². The molecule has 0 aliphatic carbocycles. The van der Waals surface area contributed by atoms with E-state index in [4.69, 9.17) is 4.74 Å².